The van der Waals surface area contributed by atoms with Gasteiger partial charge in [0.1, 0.15) is 32.0 Å². The van der Waals surface area contributed by atoms with Gasteiger partial charge in [0.15, 0.2) is 0 Å². The molecule has 0 saturated heterocycles. The molecule has 0 bridgehead atoms. The van der Waals surface area contributed by atoms with E-state index in [1.807, 2.05) is 139 Å². The summed E-state index contributed by atoms with van der Waals surface area (Å²) in [4.78, 5) is 24.2. The number of hydrogen-bond acceptors (Lipinski definition) is 10. The molecule has 0 N–H and O–H groups in total. The first-order chi connectivity index (χ1) is 59.2. The van der Waals surface area contributed by atoms with E-state index in [1.165, 1.54) is 130 Å². The molecule has 0 fully saturated rings. The first-order valence-electron chi connectivity index (χ1n) is 41.5. The van der Waals surface area contributed by atoms with Gasteiger partial charge in [-0.15, -0.1) is 22.7 Å². The summed E-state index contributed by atoms with van der Waals surface area (Å²) in [5.41, 5.74) is 23.3. The summed E-state index contributed by atoms with van der Waals surface area (Å²) < 4.78 is 21.8. The Labute approximate surface area is 722 Å². The standard InChI is InChI=1S/C17H14.C15H12.2C13H11NO.2C13H11NS.C13H10O.C7H9N.C5H7N.C2H6/c1-13-16-10-6-5-9-15(16)11-12-17(13)14-7-3-2-4-8-14;1-11-6-7-13-9-8-12-4-2-3-5-14(12)15(13)10-11;1-8-3-6-12-11(7-8)10-5-4-9(2)14-13(10)15-12;1-8-3-5-10-11-6-4-9(2)14-13(11)15-12(10)7-8;1-8-3-6-12-11(7-8)10-5-4-9(2)14-13(10)15-12;1-8-3-5-10-11-6-4-9(2)14-13(11)15-12(10)7-8;1-9-5-4-7-11-10-6-2-3-8-12(10)14-13(9)11;1-6-3-4-8-7(2)5-6;1-6-4-2-3-5-6;1-2/h2-12H,1H3;2-10H,1H3;4*3-7H,1-2H3;2-8H,1H3;3-5H,1-2H3;2-5H,1H3;1-2H3. The minimum absolute atomic E-state index is 0.732. The summed E-state index contributed by atoms with van der Waals surface area (Å²) >= 11 is 3.55. The summed E-state index contributed by atoms with van der Waals surface area (Å²) in [7, 11) is 2.00. The van der Waals surface area contributed by atoms with Gasteiger partial charge in [-0.1, -0.05) is 225 Å². The van der Waals surface area contributed by atoms with E-state index in [0.29, 0.717) is 0 Å². The van der Waals surface area contributed by atoms with Gasteiger partial charge in [-0.2, -0.15) is 0 Å². The normalized spacial score (nSPS) is 10.8. The molecule has 23 rings (SSSR count). The highest BCUT2D eigenvalue weighted by Crippen LogP contribution is 2.37. The number of pyridine rings is 5. The molecular weight excluding hydrogens is 1530 g/mol. The smallest absolute Gasteiger partial charge is 0.227 e. The molecule has 0 aliphatic rings. The quantitative estimate of drug-likeness (QED) is 0.150. The highest BCUT2D eigenvalue weighted by atomic mass is 32.1. The van der Waals surface area contributed by atoms with Crippen molar-refractivity contribution in [1.82, 2.24) is 29.5 Å². The van der Waals surface area contributed by atoms with Crippen LogP contribution in [0.2, 0.25) is 0 Å². The van der Waals surface area contributed by atoms with Crippen molar-refractivity contribution in [1.29, 1.82) is 0 Å². The van der Waals surface area contributed by atoms with Gasteiger partial charge < -0.3 is 17.8 Å². The van der Waals surface area contributed by atoms with Crippen molar-refractivity contribution < 1.29 is 13.3 Å². The van der Waals surface area contributed by atoms with Crippen LogP contribution in [0.4, 0.5) is 0 Å². The first kappa shape index (κ1) is 84.7. The Hall–Kier alpha value is -13.7. The van der Waals surface area contributed by atoms with Crippen molar-refractivity contribution in [2.75, 3.05) is 0 Å². The number of aryl methyl sites for hydroxylation is 14. The largest absolute Gasteiger partial charge is 0.456 e. The van der Waals surface area contributed by atoms with Crippen molar-refractivity contribution in [3.05, 3.63) is 401 Å². The van der Waals surface area contributed by atoms with Crippen LogP contribution in [0.5, 0.6) is 0 Å². The average Bonchev–Trinajstić information content (AvgIpc) is 1.47. The van der Waals surface area contributed by atoms with Crippen molar-refractivity contribution >= 4 is 162 Å². The minimum atomic E-state index is 0.732. The molecule has 23 aromatic rings. The van der Waals surface area contributed by atoms with E-state index in [2.05, 4.69) is 329 Å². The van der Waals surface area contributed by atoms with Crippen molar-refractivity contribution in [3.63, 3.8) is 0 Å². The molecule has 11 heteroatoms. The topological polar surface area (TPSA) is 109 Å². The van der Waals surface area contributed by atoms with E-state index >= 15 is 0 Å². The van der Waals surface area contributed by atoms with Crippen LogP contribution in [0.15, 0.2) is 341 Å². The van der Waals surface area contributed by atoms with Crippen LogP contribution in [0.1, 0.15) is 86.8 Å². The maximum atomic E-state index is 5.78. The molecule has 0 amide bonds. The molecule has 0 aliphatic heterocycles. The number of hydrogen-bond donors (Lipinski definition) is 0. The molecule has 122 heavy (non-hydrogen) atoms. The number of fused-ring (bicyclic) bond motifs is 19. The van der Waals surface area contributed by atoms with Gasteiger partial charge >= 0.3 is 0 Å². The number of aromatic nitrogens is 6. The van der Waals surface area contributed by atoms with E-state index in [0.717, 1.165) is 93.4 Å². The van der Waals surface area contributed by atoms with E-state index in [-0.39, 0.29) is 0 Å². The Morgan fingerprint density at radius 1 is 0.270 bits per heavy atom. The van der Waals surface area contributed by atoms with Gasteiger partial charge in [0, 0.05) is 117 Å². The van der Waals surface area contributed by atoms with Crippen LogP contribution in [0, 0.1) is 90.0 Å². The van der Waals surface area contributed by atoms with E-state index in [4.69, 9.17) is 13.3 Å². The number of para-hydroxylation sites is 2. The summed E-state index contributed by atoms with van der Waals surface area (Å²) in [6, 6.07) is 108. The predicted octanol–water partition coefficient (Wildman–Crippen LogP) is 32.1. The third kappa shape index (κ3) is 20.2. The number of benzene rings is 12. The predicted molar refractivity (Wildman–Crippen MR) is 524 cm³/mol. The molecule has 606 valence electrons. The zero-order valence-corrected chi connectivity index (χ0v) is 74.0. The number of nitrogens with zero attached hydrogens (tertiary/aromatic N) is 6. The molecule has 11 heterocycles. The Balaban J connectivity index is 0.000000113. The highest BCUT2D eigenvalue weighted by Gasteiger charge is 2.13. The van der Waals surface area contributed by atoms with E-state index in [9.17, 15) is 0 Å². The van der Waals surface area contributed by atoms with E-state index < -0.39 is 0 Å². The second kappa shape index (κ2) is 39.0. The molecule has 0 spiro atoms. The Bertz CT molecular complexity index is 7160. The SMILES string of the molecule is CC.Cc1c(-c2ccccc2)ccc2ccccc12.Cc1ccc2c(c1)oc1nc(C)ccc12.Cc1ccc2c(c1)sc1nc(C)ccc12.Cc1ccc2ccc3ccccc3c2c1.Cc1ccc2oc3nc(C)ccc3c2c1.Cc1ccc2sc3nc(C)ccc3c2c1.Cc1cccc2c1oc1ccccc12.Cc1ccnc(C)c1.Cn1cccc1. The summed E-state index contributed by atoms with van der Waals surface area (Å²) in [6.45, 7) is 30.9. The summed E-state index contributed by atoms with van der Waals surface area (Å²) in [6.07, 6.45) is 5.82. The minimum Gasteiger partial charge on any atom is -0.456 e. The van der Waals surface area contributed by atoms with Crippen LogP contribution in [0.3, 0.4) is 0 Å². The lowest BCUT2D eigenvalue weighted by atomic mass is 9.95. The fraction of sp³-hybridized carbons (Fsp3) is 0.144. The first-order valence-corrected chi connectivity index (χ1v) is 43.1. The lowest BCUT2D eigenvalue weighted by Gasteiger charge is -2.09. The molecule has 9 nitrogen and oxygen atoms in total. The third-order valence-corrected chi connectivity index (χ3v) is 23.3. The maximum absolute atomic E-state index is 5.78. The lowest BCUT2D eigenvalue weighted by molar-refractivity contribution is 0.652. The zero-order chi connectivity index (χ0) is 85.5. The van der Waals surface area contributed by atoms with Crippen LogP contribution in [-0.4, -0.2) is 29.5 Å². The van der Waals surface area contributed by atoms with E-state index in [1.54, 1.807) is 22.7 Å². The van der Waals surface area contributed by atoms with Crippen LogP contribution >= 0.6 is 22.7 Å². The fourth-order valence-electron chi connectivity index (χ4n) is 14.9. The maximum Gasteiger partial charge on any atom is 0.227 e. The van der Waals surface area contributed by atoms with Gasteiger partial charge in [-0.3, -0.25) is 4.98 Å². The average molecular weight is 1630 g/mol. The molecule has 0 unspecified atom stereocenters. The fourth-order valence-corrected chi connectivity index (χ4v) is 17.2. The second-order valence-electron chi connectivity index (χ2n) is 30.8. The Morgan fingerprint density at radius 3 is 1.36 bits per heavy atom. The second-order valence-corrected chi connectivity index (χ2v) is 32.9. The molecule has 0 saturated carbocycles. The number of rotatable bonds is 1. The molecular formula is C111H102N6O3S2. The molecule has 11 aromatic heterocycles. The number of furan rings is 3. The molecule has 12 aromatic carbocycles. The zero-order valence-electron chi connectivity index (χ0n) is 72.4. The van der Waals surface area contributed by atoms with Gasteiger partial charge in [-0.25, -0.2) is 19.9 Å². The van der Waals surface area contributed by atoms with Crippen molar-refractivity contribution in [2.45, 2.75) is 104 Å². The molecule has 0 atom stereocenters. The molecule has 0 aliphatic carbocycles. The molecule has 0 radical (unpaired) electrons. The monoisotopic (exact) mass is 1630 g/mol. The highest BCUT2D eigenvalue weighted by molar-refractivity contribution is 7.25. The third-order valence-electron chi connectivity index (χ3n) is 21.1. The van der Waals surface area contributed by atoms with Gasteiger partial charge in [-0.05, 0) is 277 Å². The van der Waals surface area contributed by atoms with Crippen molar-refractivity contribution in [3.8, 4) is 11.1 Å². The Kier molecular flexibility index (Phi) is 27.1. The van der Waals surface area contributed by atoms with Gasteiger partial charge in [0.05, 0.1) is 0 Å². The summed E-state index contributed by atoms with van der Waals surface area (Å²) in [5, 5.41) is 20.1. The van der Waals surface area contributed by atoms with Crippen LogP contribution < -0.4 is 0 Å². The van der Waals surface area contributed by atoms with Crippen LogP contribution in [0.25, 0.3) is 150 Å². The summed E-state index contributed by atoms with van der Waals surface area (Å²) in [5.74, 6) is 0. The van der Waals surface area contributed by atoms with Crippen LogP contribution in [-0.2, 0) is 7.05 Å². The van der Waals surface area contributed by atoms with Crippen molar-refractivity contribution in [2.24, 2.45) is 7.05 Å². The Morgan fingerprint density at radius 2 is 0.721 bits per heavy atom. The van der Waals surface area contributed by atoms with Gasteiger partial charge in [0.25, 0.3) is 0 Å². The van der Waals surface area contributed by atoms with Gasteiger partial charge in [0.2, 0.25) is 11.4 Å². The number of thiophene rings is 2. The lowest BCUT2D eigenvalue weighted by Crippen LogP contribution is -1.85.